The van der Waals surface area contributed by atoms with Crippen LogP contribution in [0.5, 0.6) is 5.75 Å². The van der Waals surface area contributed by atoms with Gasteiger partial charge in [-0.3, -0.25) is 4.72 Å². The highest BCUT2D eigenvalue weighted by atomic mass is 35.5. The molecule has 0 aliphatic carbocycles. The lowest BCUT2D eigenvalue weighted by atomic mass is 10.2. The third-order valence-electron chi connectivity index (χ3n) is 2.99. The van der Waals surface area contributed by atoms with Gasteiger partial charge in [-0.15, -0.1) is 0 Å². The summed E-state index contributed by atoms with van der Waals surface area (Å²) in [4.78, 5) is 0. The van der Waals surface area contributed by atoms with E-state index >= 15 is 0 Å². The molecule has 7 heteroatoms. The van der Waals surface area contributed by atoms with Crippen molar-refractivity contribution < 1.29 is 13.2 Å². The average Bonchev–Trinajstić information content (AvgIpc) is 2.49. The van der Waals surface area contributed by atoms with Crippen LogP contribution in [0.1, 0.15) is 5.56 Å². The van der Waals surface area contributed by atoms with Crippen LogP contribution in [-0.4, -0.2) is 21.3 Å². The molecule has 22 heavy (non-hydrogen) atoms. The molecule has 0 atom stereocenters. The second-order valence-corrected chi connectivity index (χ2v) is 7.31. The zero-order valence-corrected chi connectivity index (χ0v) is 14.2. The van der Waals surface area contributed by atoms with Crippen molar-refractivity contribution in [3.05, 3.63) is 58.1 Å². The minimum Gasteiger partial charge on any atom is -0.497 e. The Morgan fingerprint density at radius 2 is 1.86 bits per heavy atom. The minimum absolute atomic E-state index is 0.0413. The maximum absolute atomic E-state index is 12.1. The van der Waals surface area contributed by atoms with E-state index in [1.807, 2.05) is 24.3 Å². The fraction of sp³-hybridized carbons (Fsp3) is 0.200. The Hall–Kier alpha value is -1.43. The third kappa shape index (κ3) is 4.80. The molecule has 118 valence electrons. The zero-order valence-electron chi connectivity index (χ0n) is 11.8. The lowest BCUT2D eigenvalue weighted by Crippen LogP contribution is -2.18. The van der Waals surface area contributed by atoms with E-state index in [1.54, 1.807) is 19.2 Å². The Labute approximate surface area is 140 Å². The summed E-state index contributed by atoms with van der Waals surface area (Å²) in [6.45, 7) is 0. The number of methoxy groups -OCH3 is 1. The summed E-state index contributed by atoms with van der Waals surface area (Å²) in [5.41, 5.74) is 1.28. The van der Waals surface area contributed by atoms with Crippen molar-refractivity contribution >= 4 is 38.9 Å². The number of sulfonamides is 1. The van der Waals surface area contributed by atoms with Crippen LogP contribution in [0.25, 0.3) is 0 Å². The van der Waals surface area contributed by atoms with Gasteiger partial charge in [-0.25, -0.2) is 8.42 Å². The van der Waals surface area contributed by atoms with Gasteiger partial charge in [0.05, 0.1) is 28.6 Å². The first-order chi connectivity index (χ1) is 10.4. The number of rotatable bonds is 6. The van der Waals surface area contributed by atoms with Crippen LogP contribution in [0.4, 0.5) is 5.69 Å². The molecule has 0 saturated carbocycles. The summed E-state index contributed by atoms with van der Waals surface area (Å²) in [6.07, 6.45) is 0.383. The van der Waals surface area contributed by atoms with Gasteiger partial charge < -0.3 is 4.74 Å². The number of hydrogen-bond donors (Lipinski definition) is 1. The molecule has 0 heterocycles. The van der Waals surface area contributed by atoms with Gasteiger partial charge in [-0.05, 0) is 42.3 Å². The van der Waals surface area contributed by atoms with Gasteiger partial charge in [-0.1, -0.05) is 35.3 Å². The van der Waals surface area contributed by atoms with Gasteiger partial charge >= 0.3 is 0 Å². The van der Waals surface area contributed by atoms with Crippen LogP contribution in [0, 0.1) is 0 Å². The second-order valence-electron chi connectivity index (χ2n) is 4.65. The van der Waals surface area contributed by atoms with Crippen LogP contribution >= 0.6 is 23.2 Å². The van der Waals surface area contributed by atoms with E-state index in [0.717, 1.165) is 5.56 Å². The molecule has 0 fully saturated rings. The summed E-state index contributed by atoms with van der Waals surface area (Å²) >= 11 is 11.7. The van der Waals surface area contributed by atoms with E-state index in [4.69, 9.17) is 27.9 Å². The quantitative estimate of drug-likeness (QED) is 0.848. The maximum Gasteiger partial charge on any atom is 0.233 e. The molecular weight excluding hydrogens is 345 g/mol. The molecule has 0 bridgehead atoms. The lowest BCUT2D eigenvalue weighted by Gasteiger charge is -2.09. The normalized spacial score (nSPS) is 11.2. The highest BCUT2D eigenvalue weighted by Crippen LogP contribution is 2.25. The van der Waals surface area contributed by atoms with E-state index in [9.17, 15) is 8.42 Å². The number of ether oxygens (including phenoxy) is 1. The monoisotopic (exact) mass is 359 g/mol. The van der Waals surface area contributed by atoms with Gasteiger partial charge in [0.15, 0.2) is 0 Å². The van der Waals surface area contributed by atoms with Crippen molar-refractivity contribution in [3.63, 3.8) is 0 Å². The molecule has 1 N–H and O–H groups in total. The third-order valence-corrected chi connectivity index (χ3v) is 5.01. The van der Waals surface area contributed by atoms with Crippen molar-refractivity contribution in [2.75, 3.05) is 17.6 Å². The van der Waals surface area contributed by atoms with Crippen LogP contribution in [0.3, 0.4) is 0 Å². The molecule has 2 aromatic carbocycles. The SMILES string of the molecule is COc1cccc(CCS(=O)(=O)Nc2ccc(Cl)c(Cl)c2)c1. The largest absolute Gasteiger partial charge is 0.497 e. The predicted molar refractivity (Wildman–Crippen MR) is 90.6 cm³/mol. The van der Waals surface area contributed by atoms with Gasteiger partial charge in [0.25, 0.3) is 0 Å². The molecule has 0 aliphatic heterocycles. The molecule has 0 spiro atoms. The fourth-order valence-corrected chi connectivity index (χ4v) is 3.26. The topological polar surface area (TPSA) is 55.4 Å². The van der Waals surface area contributed by atoms with Gasteiger partial charge in [0.1, 0.15) is 5.75 Å². The first kappa shape index (κ1) is 16.9. The molecule has 2 aromatic rings. The Kier molecular flexibility index (Phi) is 5.56. The van der Waals surface area contributed by atoms with Crippen molar-refractivity contribution in [1.29, 1.82) is 0 Å². The summed E-state index contributed by atoms with van der Waals surface area (Å²) in [6, 6.07) is 11.9. The first-order valence-electron chi connectivity index (χ1n) is 6.48. The van der Waals surface area contributed by atoms with Crippen LogP contribution in [0.15, 0.2) is 42.5 Å². The molecular formula is C15H15Cl2NO3S. The Morgan fingerprint density at radius 1 is 1.09 bits per heavy atom. The summed E-state index contributed by atoms with van der Waals surface area (Å²) in [5.74, 6) is 0.660. The number of nitrogens with one attached hydrogen (secondary N) is 1. The zero-order chi connectivity index (χ0) is 16.2. The molecule has 4 nitrogen and oxygen atoms in total. The molecule has 0 saturated heterocycles. The van der Waals surface area contributed by atoms with Crippen molar-refractivity contribution in [1.82, 2.24) is 0 Å². The highest BCUT2D eigenvalue weighted by molar-refractivity contribution is 7.92. The number of hydrogen-bond acceptors (Lipinski definition) is 3. The minimum atomic E-state index is -3.47. The van der Waals surface area contributed by atoms with Crippen LogP contribution in [0.2, 0.25) is 10.0 Å². The van der Waals surface area contributed by atoms with Crippen molar-refractivity contribution in [3.8, 4) is 5.75 Å². The summed E-state index contributed by atoms with van der Waals surface area (Å²) < 4.78 is 31.8. The first-order valence-corrected chi connectivity index (χ1v) is 8.89. The fourth-order valence-electron chi connectivity index (χ4n) is 1.87. The highest BCUT2D eigenvalue weighted by Gasteiger charge is 2.12. The van der Waals surface area contributed by atoms with E-state index in [2.05, 4.69) is 4.72 Å². The molecule has 0 unspecified atom stereocenters. The number of benzene rings is 2. The van der Waals surface area contributed by atoms with Crippen molar-refractivity contribution in [2.24, 2.45) is 0 Å². The number of aryl methyl sites for hydroxylation is 1. The summed E-state index contributed by atoms with van der Waals surface area (Å²) in [5, 5.41) is 0.677. The molecule has 2 rings (SSSR count). The Bertz CT molecular complexity index is 763. The maximum atomic E-state index is 12.1. The predicted octanol–water partition coefficient (Wildman–Crippen LogP) is 3.99. The average molecular weight is 360 g/mol. The number of anilines is 1. The molecule has 0 aliphatic rings. The van der Waals surface area contributed by atoms with Gasteiger partial charge in [0, 0.05) is 0 Å². The second kappa shape index (κ2) is 7.22. The Morgan fingerprint density at radius 3 is 2.55 bits per heavy atom. The smallest absolute Gasteiger partial charge is 0.233 e. The molecule has 0 amide bonds. The van der Waals surface area contributed by atoms with Crippen LogP contribution in [-0.2, 0) is 16.4 Å². The van der Waals surface area contributed by atoms with E-state index in [-0.39, 0.29) is 5.75 Å². The van der Waals surface area contributed by atoms with E-state index in [1.165, 1.54) is 6.07 Å². The van der Waals surface area contributed by atoms with Gasteiger partial charge in [-0.2, -0.15) is 0 Å². The van der Waals surface area contributed by atoms with Gasteiger partial charge in [0.2, 0.25) is 10.0 Å². The number of halogens is 2. The van der Waals surface area contributed by atoms with Crippen molar-refractivity contribution in [2.45, 2.75) is 6.42 Å². The summed E-state index contributed by atoms with van der Waals surface area (Å²) in [7, 11) is -1.90. The van der Waals surface area contributed by atoms with E-state index in [0.29, 0.717) is 27.9 Å². The van der Waals surface area contributed by atoms with Crippen LogP contribution < -0.4 is 9.46 Å². The molecule has 0 radical (unpaired) electrons. The molecule has 0 aromatic heterocycles. The Balaban J connectivity index is 2.02. The van der Waals surface area contributed by atoms with E-state index < -0.39 is 10.0 Å². The lowest BCUT2D eigenvalue weighted by molar-refractivity contribution is 0.414. The standard InChI is InChI=1S/C15H15Cl2NO3S/c1-21-13-4-2-3-11(9-13)7-8-22(19,20)18-12-5-6-14(16)15(17)10-12/h2-6,9-10,18H,7-8H2,1H3.